The normalized spacial score (nSPS) is 10.7. The molecule has 0 N–H and O–H groups in total. The van der Waals surface area contributed by atoms with Crippen LogP contribution < -0.4 is 0 Å². The molecule has 3 nitrogen and oxygen atoms in total. The van der Waals surface area contributed by atoms with Crippen molar-refractivity contribution in [2.45, 2.75) is 33.6 Å². The van der Waals surface area contributed by atoms with E-state index in [0.717, 1.165) is 38.0 Å². The lowest BCUT2D eigenvalue weighted by molar-refractivity contribution is 0.0462. The molecule has 0 unspecified atom stereocenters. The van der Waals surface area contributed by atoms with Gasteiger partial charge in [0.2, 0.25) is 0 Å². The fourth-order valence-corrected chi connectivity index (χ4v) is 2.01. The van der Waals surface area contributed by atoms with Gasteiger partial charge in [0.25, 0.3) is 0 Å². The first-order chi connectivity index (χ1) is 9.17. The average Bonchev–Trinajstić information content (AvgIpc) is 2.40. The van der Waals surface area contributed by atoms with Gasteiger partial charge in [-0.1, -0.05) is 31.5 Å². The van der Waals surface area contributed by atoms with Crippen LogP contribution in [0.25, 0.3) is 0 Å². The topological polar surface area (TPSA) is 29.5 Å². The van der Waals surface area contributed by atoms with Crippen LogP contribution in [0.3, 0.4) is 0 Å². The monoisotopic (exact) mass is 263 g/mol. The van der Waals surface area contributed by atoms with Crippen molar-refractivity contribution in [2.75, 3.05) is 26.2 Å². The van der Waals surface area contributed by atoms with Gasteiger partial charge in [-0.25, -0.2) is 4.79 Å². The first-order valence-corrected chi connectivity index (χ1v) is 7.13. The number of ether oxygens (including phenoxy) is 1. The van der Waals surface area contributed by atoms with Crippen molar-refractivity contribution in [1.29, 1.82) is 0 Å². The Morgan fingerprint density at radius 2 is 1.63 bits per heavy atom. The minimum Gasteiger partial charge on any atom is -0.461 e. The molecule has 106 valence electrons. The summed E-state index contributed by atoms with van der Waals surface area (Å²) >= 11 is 0. The van der Waals surface area contributed by atoms with Gasteiger partial charge < -0.3 is 4.74 Å². The summed E-state index contributed by atoms with van der Waals surface area (Å²) in [5, 5.41) is 0. The molecule has 1 aromatic carbocycles. The summed E-state index contributed by atoms with van der Waals surface area (Å²) in [7, 11) is 0. The molecule has 0 radical (unpaired) electrons. The molecule has 0 aliphatic carbocycles. The highest BCUT2D eigenvalue weighted by Crippen LogP contribution is 2.05. The third-order valence-electron chi connectivity index (χ3n) is 3.01. The predicted octanol–water partition coefficient (Wildman–Crippen LogP) is 3.27. The second kappa shape index (κ2) is 8.70. The van der Waals surface area contributed by atoms with E-state index in [0.29, 0.717) is 12.2 Å². The van der Waals surface area contributed by atoms with Gasteiger partial charge in [0.1, 0.15) is 6.61 Å². The van der Waals surface area contributed by atoms with Crippen molar-refractivity contribution in [2.24, 2.45) is 0 Å². The van der Waals surface area contributed by atoms with Gasteiger partial charge in [0.05, 0.1) is 5.56 Å². The van der Waals surface area contributed by atoms with Crippen molar-refractivity contribution < 1.29 is 9.53 Å². The Balaban J connectivity index is 2.35. The molecule has 0 saturated carbocycles. The van der Waals surface area contributed by atoms with E-state index in [2.05, 4.69) is 18.7 Å². The summed E-state index contributed by atoms with van der Waals surface area (Å²) in [4.78, 5) is 14.1. The highest BCUT2D eigenvalue weighted by Gasteiger charge is 2.08. The highest BCUT2D eigenvalue weighted by atomic mass is 16.5. The van der Waals surface area contributed by atoms with Crippen molar-refractivity contribution in [1.82, 2.24) is 4.90 Å². The van der Waals surface area contributed by atoms with Gasteiger partial charge in [-0.3, -0.25) is 4.90 Å². The van der Waals surface area contributed by atoms with E-state index in [1.165, 1.54) is 0 Å². The van der Waals surface area contributed by atoms with E-state index in [1.54, 1.807) is 0 Å². The number of carbonyl (C=O) groups excluding carboxylic acids is 1. The van der Waals surface area contributed by atoms with Gasteiger partial charge in [-0.05, 0) is 45.0 Å². The highest BCUT2D eigenvalue weighted by molar-refractivity contribution is 5.89. The summed E-state index contributed by atoms with van der Waals surface area (Å²) in [5.74, 6) is -0.229. The first kappa shape index (κ1) is 15.7. The molecule has 0 aliphatic heterocycles. The van der Waals surface area contributed by atoms with Gasteiger partial charge in [-0.2, -0.15) is 0 Å². The number of aryl methyl sites for hydroxylation is 1. The fraction of sp³-hybridized carbons (Fsp3) is 0.562. The maximum atomic E-state index is 11.8. The Labute approximate surface area is 116 Å². The summed E-state index contributed by atoms with van der Waals surface area (Å²) in [6, 6.07) is 7.48. The third-order valence-corrected chi connectivity index (χ3v) is 3.01. The fourth-order valence-electron chi connectivity index (χ4n) is 2.01. The van der Waals surface area contributed by atoms with Gasteiger partial charge >= 0.3 is 5.97 Å². The minimum absolute atomic E-state index is 0.229. The molecular weight excluding hydrogens is 238 g/mol. The molecule has 0 spiro atoms. The Morgan fingerprint density at radius 3 is 2.16 bits per heavy atom. The number of rotatable bonds is 8. The van der Waals surface area contributed by atoms with Crippen LogP contribution in [-0.4, -0.2) is 37.1 Å². The van der Waals surface area contributed by atoms with Crippen LogP contribution in [0.15, 0.2) is 24.3 Å². The zero-order chi connectivity index (χ0) is 14.1. The molecule has 0 amide bonds. The summed E-state index contributed by atoms with van der Waals surface area (Å²) in [6.07, 6.45) is 2.26. The minimum atomic E-state index is -0.229. The predicted molar refractivity (Wildman–Crippen MR) is 78.5 cm³/mol. The van der Waals surface area contributed by atoms with Crippen LogP contribution in [0.2, 0.25) is 0 Å². The largest absolute Gasteiger partial charge is 0.461 e. The maximum Gasteiger partial charge on any atom is 0.338 e. The summed E-state index contributed by atoms with van der Waals surface area (Å²) < 4.78 is 5.31. The van der Waals surface area contributed by atoms with Gasteiger partial charge in [0, 0.05) is 6.54 Å². The van der Waals surface area contributed by atoms with E-state index < -0.39 is 0 Å². The molecule has 0 bridgehead atoms. The number of esters is 1. The molecule has 1 aromatic rings. The lowest BCUT2D eigenvalue weighted by atomic mass is 10.1. The zero-order valence-corrected chi connectivity index (χ0v) is 12.3. The zero-order valence-electron chi connectivity index (χ0n) is 12.3. The van der Waals surface area contributed by atoms with Crippen molar-refractivity contribution in [3.05, 3.63) is 35.4 Å². The SMILES string of the molecule is CCCN(CCC)CCOC(=O)c1ccc(C)cc1. The van der Waals surface area contributed by atoms with Crippen LogP contribution in [0.5, 0.6) is 0 Å². The number of hydrogen-bond donors (Lipinski definition) is 0. The van der Waals surface area contributed by atoms with Gasteiger partial charge in [0.15, 0.2) is 0 Å². The van der Waals surface area contributed by atoms with Crippen LogP contribution >= 0.6 is 0 Å². The second-order valence-electron chi connectivity index (χ2n) is 4.84. The Hall–Kier alpha value is -1.35. The molecule has 0 fully saturated rings. The molecule has 1 rings (SSSR count). The molecular formula is C16H25NO2. The summed E-state index contributed by atoms with van der Waals surface area (Å²) in [5.41, 5.74) is 1.77. The number of nitrogens with zero attached hydrogens (tertiary/aromatic N) is 1. The lowest BCUT2D eigenvalue weighted by Crippen LogP contribution is -2.29. The van der Waals surface area contributed by atoms with Crippen molar-refractivity contribution >= 4 is 5.97 Å². The Kier molecular flexibility index (Phi) is 7.19. The van der Waals surface area contributed by atoms with Crippen LogP contribution in [-0.2, 0) is 4.74 Å². The van der Waals surface area contributed by atoms with E-state index >= 15 is 0 Å². The number of carbonyl (C=O) groups is 1. The van der Waals surface area contributed by atoms with Gasteiger partial charge in [-0.15, -0.1) is 0 Å². The lowest BCUT2D eigenvalue weighted by Gasteiger charge is -2.20. The van der Waals surface area contributed by atoms with E-state index in [1.807, 2.05) is 31.2 Å². The van der Waals surface area contributed by atoms with Crippen LogP contribution in [0, 0.1) is 6.92 Å². The maximum absolute atomic E-state index is 11.8. The number of benzene rings is 1. The van der Waals surface area contributed by atoms with E-state index in [9.17, 15) is 4.79 Å². The summed E-state index contributed by atoms with van der Waals surface area (Å²) in [6.45, 7) is 9.75. The molecule has 0 heterocycles. The molecule has 0 atom stereocenters. The van der Waals surface area contributed by atoms with E-state index in [4.69, 9.17) is 4.74 Å². The molecule has 3 heteroatoms. The molecule has 0 saturated heterocycles. The van der Waals surface area contributed by atoms with Crippen molar-refractivity contribution in [3.63, 3.8) is 0 Å². The van der Waals surface area contributed by atoms with Crippen LogP contribution in [0.1, 0.15) is 42.6 Å². The van der Waals surface area contributed by atoms with E-state index in [-0.39, 0.29) is 5.97 Å². The molecule has 19 heavy (non-hydrogen) atoms. The van der Waals surface area contributed by atoms with Crippen molar-refractivity contribution in [3.8, 4) is 0 Å². The van der Waals surface area contributed by atoms with Crippen LogP contribution in [0.4, 0.5) is 0 Å². The molecule has 0 aromatic heterocycles. The smallest absolute Gasteiger partial charge is 0.338 e. The average molecular weight is 263 g/mol. The quantitative estimate of drug-likeness (QED) is 0.674. The Bertz CT molecular complexity index is 367. The third kappa shape index (κ3) is 5.88. The molecule has 0 aliphatic rings. The second-order valence-corrected chi connectivity index (χ2v) is 4.84. The number of hydrogen-bond acceptors (Lipinski definition) is 3. The first-order valence-electron chi connectivity index (χ1n) is 7.13. The Morgan fingerprint density at radius 1 is 1.05 bits per heavy atom. The standard InChI is InChI=1S/C16H25NO2/c1-4-10-17(11-5-2)12-13-19-16(18)15-8-6-14(3)7-9-15/h6-9H,4-5,10-13H2,1-3H3.